The summed E-state index contributed by atoms with van der Waals surface area (Å²) in [5.74, 6) is 1.15. The Hall–Kier alpha value is -1.58. The molecule has 7 heteroatoms. The number of carbonyl (C=O) groups excluding carboxylic acids is 1. The summed E-state index contributed by atoms with van der Waals surface area (Å²) in [4.78, 5) is 15.8. The molecule has 1 aliphatic rings. The molecular formula is C10H11AlN4O2. The minimum Gasteiger partial charge on any atom is -0.633 e. The van der Waals surface area contributed by atoms with Crippen LogP contribution in [-0.4, -0.2) is 37.1 Å². The van der Waals surface area contributed by atoms with Crippen molar-refractivity contribution in [3.05, 3.63) is 18.2 Å². The van der Waals surface area contributed by atoms with Gasteiger partial charge in [-0.3, -0.25) is 10.1 Å². The van der Waals surface area contributed by atoms with Crippen LogP contribution in [0.25, 0.3) is 5.65 Å². The molecule has 2 aromatic rings. The quantitative estimate of drug-likeness (QED) is 0.774. The van der Waals surface area contributed by atoms with E-state index in [4.69, 9.17) is 3.79 Å². The zero-order valence-electron chi connectivity index (χ0n) is 9.38. The van der Waals surface area contributed by atoms with E-state index in [1.165, 1.54) is 0 Å². The molecule has 0 atom stereocenters. The molecule has 6 nitrogen and oxygen atoms in total. The zero-order chi connectivity index (χ0) is 11.8. The first-order chi connectivity index (χ1) is 8.28. The molecule has 86 valence electrons. The molecule has 1 amide bonds. The summed E-state index contributed by atoms with van der Waals surface area (Å²) in [6.07, 6.45) is 1.93. The average Bonchev–Trinajstić information content (AvgIpc) is 3.09. The van der Waals surface area contributed by atoms with Gasteiger partial charge in [-0.05, 0) is 25.0 Å². The summed E-state index contributed by atoms with van der Waals surface area (Å²) in [5.41, 5.74) is 0.671. The Kier molecular flexibility index (Phi) is 2.50. The van der Waals surface area contributed by atoms with Crippen LogP contribution in [0.2, 0.25) is 0 Å². The van der Waals surface area contributed by atoms with Crippen LogP contribution in [0, 0.1) is 5.92 Å². The predicted octanol–water partition coefficient (Wildman–Crippen LogP) is 0.00470. The van der Waals surface area contributed by atoms with Crippen molar-refractivity contribution in [3.63, 3.8) is 0 Å². The van der Waals surface area contributed by atoms with Crippen molar-refractivity contribution in [2.75, 3.05) is 5.32 Å². The highest BCUT2D eigenvalue weighted by molar-refractivity contribution is 5.99. The molecule has 1 N–H and O–H groups in total. The zero-order valence-corrected chi connectivity index (χ0v) is 11.4. The van der Waals surface area contributed by atoms with E-state index in [1.54, 1.807) is 4.52 Å². The number of nitrogens with one attached hydrogen (secondary N) is 1. The second-order valence-corrected chi connectivity index (χ2v) is 4.45. The van der Waals surface area contributed by atoms with E-state index in [0.717, 1.165) is 12.8 Å². The number of nitrogens with zero attached hydrogens (tertiary/aromatic N) is 3. The monoisotopic (exact) mass is 246 g/mol. The number of anilines is 1. The molecular weight excluding hydrogens is 235 g/mol. The van der Waals surface area contributed by atoms with E-state index in [9.17, 15) is 4.79 Å². The maximum atomic E-state index is 11.6. The van der Waals surface area contributed by atoms with Crippen LogP contribution in [0.15, 0.2) is 18.2 Å². The van der Waals surface area contributed by atoms with Crippen molar-refractivity contribution in [1.29, 1.82) is 0 Å². The fourth-order valence-electron chi connectivity index (χ4n) is 1.65. The van der Waals surface area contributed by atoms with Gasteiger partial charge in [0.2, 0.25) is 11.9 Å². The molecule has 0 aliphatic heterocycles. The maximum Gasteiger partial charge on any atom is 0.498 e. The summed E-state index contributed by atoms with van der Waals surface area (Å²) in [6.45, 7) is 0. The molecule has 3 rings (SSSR count). The van der Waals surface area contributed by atoms with Crippen molar-refractivity contribution in [2.24, 2.45) is 5.92 Å². The second kappa shape index (κ2) is 4.02. The van der Waals surface area contributed by atoms with Crippen LogP contribution < -0.4 is 9.11 Å². The highest BCUT2D eigenvalue weighted by atomic mass is 27.1. The fraction of sp³-hybridized carbons (Fsp3) is 0.300. The lowest BCUT2D eigenvalue weighted by Crippen LogP contribution is -2.14. The molecule has 0 unspecified atom stereocenters. The largest absolute Gasteiger partial charge is 0.633 e. The number of hydrogen-bond donors (Lipinski definition) is 1. The van der Waals surface area contributed by atoms with Gasteiger partial charge in [0.1, 0.15) is 0 Å². The molecule has 2 aromatic heterocycles. The second-order valence-electron chi connectivity index (χ2n) is 4.04. The number of pyridine rings is 1. The van der Waals surface area contributed by atoms with Gasteiger partial charge in [0.05, 0.1) is 0 Å². The molecule has 0 spiro atoms. The van der Waals surface area contributed by atoms with E-state index in [-0.39, 0.29) is 11.8 Å². The Labute approximate surface area is 106 Å². The van der Waals surface area contributed by atoms with Gasteiger partial charge in [0.25, 0.3) is 0 Å². The van der Waals surface area contributed by atoms with Crippen molar-refractivity contribution in [1.82, 2.24) is 14.6 Å². The van der Waals surface area contributed by atoms with E-state index >= 15 is 0 Å². The third kappa shape index (κ3) is 1.99. The van der Waals surface area contributed by atoms with E-state index in [1.807, 2.05) is 18.2 Å². The summed E-state index contributed by atoms with van der Waals surface area (Å²) in [5, 5.41) is 6.92. The van der Waals surface area contributed by atoms with E-state index in [2.05, 4.69) is 15.4 Å². The lowest BCUT2D eigenvalue weighted by atomic mass is 10.4. The molecule has 0 bridgehead atoms. The molecule has 1 aliphatic carbocycles. The van der Waals surface area contributed by atoms with Gasteiger partial charge in [-0.15, -0.1) is 5.10 Å². The molecule has 1 saturated carbocycles. The van der Waals surface area contributed by atoms with Crippen LogP contribution in [0.4, 0.5) is 5.95 Å². The number of amides is 1. The maximum absolute atomic E-state index is 11.6. The molecule has 17 heavy (non-hydrogen) atoms. The first kappa shape index (κ1) is 10.6. The van der Waals surface area contributed by atoms with Crippen molar-refractivity contribution < 1.29 is 8.58 Å². The van der Waals surface area contributed by atoms with Crippen molar-refractivity contribution >= 4 is 34.1 Å². The predicted molar refractivity (Wildman–Crippen MR) is 63.5 cm³/mol. The van der Waals surface area contributed by atoms with Crippen LogP contribution >= 0.6 is 0 Å². The van der Waals surface area contributed by atoms with Crippen LogP contribution in [0.5, 0.6) is 5.88 Å². The number of carbonyl (C=O) groups is 1. The molecule has 0 saturated heterocycles. The number of hydrogen-bond acceptors (Lipinski definition) is 4. The smallest absolute Gasteiger partial charge is 0.498 e. The normalized spacial score (nSPS) is 14.8. The SMILES string of the molecule is O=C(Nc1nc2cccc([O][AlH2])n2n1)C1CC1. The Morgan fingerprint density at radius 1 is 1.53 bits per heavy atom. The van der Waals surface area contributed by atoms with Crippen molar-refractivity contribution in [3.8, 4) is 5.88 Å². The van der Waals surface area contributed by atoms with Gasteiger partial charge in [0, 0.05) is 5.92 Å². The summed E-state index contributed by atoms with van der Waals surface area (Å²) in [7, 11) is 0. The molecule has 0 radical (unpaired) electrons. The van der Waals surface area contributed by atoms with Gasteiger partial charge in [-0.1, -0.05) is 6.07 Å². The third-order valence-corrected chi connectivity index (χ3v) is 3.14. The number of aromatic nitrogens is 3. The van der Waals surface area contributed by atoms with E-state index in [0.29, 0.717) is 34.1 Å². The summed E-state index contributed by atoms with van der Waals surface area (Å²) >= 11 is 0.585. The van der Waals surface area contributed by atoms with Crippen LogP contribution in [0.1, 0.15) is 12.8 Å². The van der Waals surface area contributed by atoms with Gasteiger partial charge >= 0.3 is 16.6 Å². The topological polar surface area (TPSA) is 68.5 Å². The highest BCUT2D eigenvalue weighted by Gasteiger charge is 2.30. The number of rotatable bonds is 3. The lowest BCUT2D eigenvalue weighted by Gasteiger charge is -2.02. The first-order valence-corrected chi connectivity index (χ1v) is 6.30. The summed E-state index contributed by atoms with van der Waals surface area (Å²) in [6, 6.07) is 5.49. The number of fused-ring (bicyclic) bond motifs is 1. The summed E-state index contributed by atoms with van der Waals surface area (Å²) < 4.78 is 6.88. The Morgan fingerprint density at radius 2 is 2.35 bits per heavy atom. The van der Waals surface area contributed by atoms with Gasteiger partial charge in [-0.25, -0.2) is 0 Å². The Morgan fingerprint density at radius 3 is 3.06 bits per heavy atom. The van der Waals surface area contributed by atoms with Gasteiger partial charge in [-0.2, -0.15) is 9.50 Å². The molecule has 0 aromatic carbocycles. The van der Waals surface area contributed by atoms with Crippen molar-refractivity contribution in [2.45, 2.75) is 12.8 Å². The van der Waals surface area contributed by atoms with Gasteiger partial charge in [0.15, 0.2) is 11.5 Å². The Balaban J connectivity index is 1.92. The average molecular weight is 246 g/mol. The standard InChI is InChI=1S/C10H10N4O2.Al.2H/c15-8-3-1-2-7-11-10(13-14(7)8)12-9(16)6-4-5-6;;;/h1-3,6,15H,4-5H2,(H,12,13,16);;;/q;+1;;/p-1. The Bertz CT molecular complexity index is 579. The minimum absolute atomic E-state index is 0.00856. The third-order valence-electron chi connectivity index (χ3n) is 2.72. The fourth-order valence-corrected chi connectivity index (χ4v) is 1.96. The minimum atomic E-state index is 0.00856. The first-order valence-electron chi connectivity index (χ1n) is 5.48. The molecule has 1 fully saturated rings. The van der Waals surface area contributed by atoms with E-state index < -0.39 is 0 Å². The molecule has 2 heterocycles. The van der Waals surface area contributed by atoms with Gasteiger partial charge < -0.3 is 3.79 Å². The van der Waals surface area contributed by atoms with Crippen LogP contribution in [-0.2, 0) is 4.79 Å². The van der Waals surface area contributed by atoms with Crippen LogP contribution in [0.3, 0.4) is 0 Å². The highest BCUT2D eigenvalue weighted by Crippen LogP contribution is 2.29. The lowest BCUT2D eigenvalue weighted by molar-refractivity contribution is -0.117.